The standard InChI is InChI=1S/C40H63N3O16/c1-40(2,3)59-28-22-43(35(48)12-11-34(47)41(17-23-53-4)18-24-54-5)21-27-58-39(52)16-15-38(51)57-26-20-42(19-25-56-37(50)14-13-36(49)55-6)33(46)10-8-30-7-9-31(44)32(45)29-30/h7,9,29,44-45H,8,10-28H2,1-6H3. The molecule has 0 saturated heterocycles. The third kappa shape index (κ3) is 24.5. The normalized spacial score (nSPS) is 11.0. The summed E-state index contributed by atoms with van der Waals surface area (Å²) in [5.41, 5.74) is 0.132. The summed E-state index contributed by atoms with van der Waals surface area (Å²) in [6.07, 6.45) is -0.912. The van der Waals surface area contributed by atoms with Gasteiger partial charge in [0.15, 0.2) is 11.5 Å². The van der Waals surface area contributed by atoms with Gasteiger partial charge in [0.25, 0.3) is 0 Å². The van der Waals surface area contributed by atoms with Gasteiger partial charge in [0.05, 0.1) is 77.8 Å². The fourth-order valence-electron chi connectivity index (χ4n) is 5.15. The number of hydrogen-bond donors (Lipinski definition) is 2. The molecule has 3 amide bonds. The Morgan fingerprint density at radius 3 is 1.29 bits per heavy atom. The van der Waals surface area contributed by atoms with Gasteiger partial charge in [0.2, 0.25) is 17.7 Å². The molecule has 334 valence electrons. The van der Waals surface area contributed by atoms with E-state index in [1.807, 2.05) is 20.8 Å². The van der Waals surface area contributed by atoms with Crippen LogP contribution in [0.4, 0.5) is 0 Å². The Labute approximate surface area is 346 Å². The molecule has 0 aromatic heterocycles. The highest BCUT2D eigenvalue weighted by molar-refractivity contribution is 5.84. The number of benzene rings is 1. The Morgan fingerprint density at radius 1 is 0.508 bits per heavy atom. The summed E-state index contributed by atoms with van der Waals surface area (Å²) in [5.74, 6) is -4.23. The highest BCUT2D eigenvalue weighted by atomic mass is 16.5. The number of carbonyl (C=O) groups excluding carboxylic acids is 7. The number of nitrogens with zero attached hydrogens (tertiary/aromatic N) is 3. The van der Waals surface area contributed by atoms with Crippen LogP contribution >= 0.6 is 0 Å². The van der Waals surface area contributed by atoms with Crippen LogP contribution in [0.3, 0.4) is 0 Å². The maximum absolute atomic E-state index is 13.2. The van der Waals surface area contributed by atoms with E-state index in [-0.39, 0.29) is 133 Å². The lowest BCUT2D eigenvalue weighted by Crippen LogP contribution is -2.40. The number of aromatic hydroxyl groups is 2. The number of ether oxygens (including phenoxy) is 7. The lowest BCUT2D eigenvalue weighted by molar-refractivity contribution is -0.152. The minimum atomic E-state index is -0.728. The van der Waals surface area contributed by atoms with Crippen molar-refractivity contribution in [3.8, 4) is 11.5 Å². The summed E-state index contributed by atoms with van der Waals surface area (Å²) in [6, 6.07) is 4.18. The predicted octanol–water partition coefficient (Wildman–Crippen LogP) is 1.77. The molecule has 59 heavy (non-hydrogen) atoms. The summed E-state index contributed by atoms with van der Waals surface area (Å²) >= 11 is 0. The van der Waals surface area contributed by atoms with E-state index in [2.05, 4.69) is 4.74 Å². The molecular formula is C40H63N3O16. The van der Waals surface area contributed by atoms with E-state index < -0.39 is 29.5 Å². The number of methoxy groups -OCH3 is 3. The van der Waals surface area contributed by atoms with Crippen molar-refractivity contribution < 1.29 is 76.9 Å². The van der Waals surface area contributed by atoms with Gasteiger partial charge in [-0.15, -0.1) is 0 Å². The molecule has 0 aliphatic rings. The van der Waals surface area contributed by atoms with Crippen molar-refractivity contribution in [3.63, 3.8) is 0 Å². The highest BCUT2D eigenvalue weighted by Gasteiger charge is 2.21. The number of rotatable bonds is 30. The van der Waals surface area contributed by atoms with E-state index in [1.165, 1.54) is 43.3 Å². The second-order valence-electron chi connectivity index (χ2n) is 14.1. The molecule has 0 atom stereocenters. The number of carbonyl (C=O) groups is 7. The van der Waals surface area contributed by atoms with Crippen LogP contribution in [-0.2, 0) is 73.1 Å². The van der Waals surface area contributed by atoms with Gasteiger partial charge in [-0.05, 0) is 44.9 Å². The molecule has 1 aromatic carbocycles. The molecule has 0 radical (unpaired) electrons. The van der Waals surface area contributed by atoms with Crippen LogP contribution in [0.1, 0.15) is 71.3 Å². The summed E-state index contributed by atoms with van der Waals surface area (Å²) in [6.45, 7) is 6.75. The molecule has 0 aliphatic carbocycles. The number of phenolic OH excluding ortho intramolecular Hbond substituents is 2. The van der Waals surface area contributed by atoms with Crippen LogP contribution in [0.5, 0.6) is 11.5 Å². The molecule has 1 rings (SSSR count). The molecule has 0 unspecified atom stereocenters. The first-order valence-corrected chi connectivity index (χ1v) is 19.5. The molecule has 0 spiro atoms. The summed E-state index contributed by atoms with van der Waals surface area (Å²) in [7, 11) is 4.26. The number of esters is 4. The van der Waals surface area contributed by atoms with E-state index in [9.17, 15) is 43.8 Å². The van der Waals surface area contributed by atoms with Gasteiger partial charge in [-0.2, -0.15) is 0 Å². The average Bonchev–Trinajstić information content (AvgIpc) is 3.19. The van der Waals surface area contributed by atoms with Crippen molar-refractivity contribution in [1.29, 1.82) is 0 Å². The van der Waals surface area contributed by atoms with Gasteiger partial charge in [0, 0.05) is 53.1 Å². The summed E-state index contributed by atoms with van der Waals surface area (Å²) in [5, 5.41) is 19.3. The second kappa shape index (κ2) is 29.2. The maximum Gasteiger partial charge on any atom is 0.306 e. The Kier molecular flexibility index (Phi) is 25.8. The first kappa shape index (κ1) is 52.0. The molecule has 19 nitrogen and oxygen atoms in total. The van der Waals surface area contributed by atoms with Crippen LogP contribution in [0, 0.1) is 0 Å². The van der Waals surface area contributed by atoms with Gasteiger partial charge in [-0.1, -0.05) is 6.07 Å². The summed E-state index contributed by atoms with van der Waals surface area (Å²) in [4.78, 5) is 91.8. The largest absolute Gasteiger partial charge is 0.504 e. The van der Waals surface area contributed by atoms with E-state index >= 15 is 0 Å². The van der Waals surface area contributed by atoms with Crippen molar-refractivity contribution in [3.05, 3.63) is 23.8 Å². The topological polar surface area (TPSA) is 234 Å². The summed E-state index contributed by atoms with van der Waals surface area (Å²) < 4.78 is 36.1. The molecule has 1 aromatic rings. The molecule has 0 fully saturated rings. The molecule has 2 N–H and O–H groups in total. The minimum absolute atomic E-state index is 0.0204. The van der Waals surface area contributed by atoms with E-state index in [0.717, 1.165) is 0 Å². The zero-order valence-corrected chi connectivity index (χ0v) is 35.3. The van der Waals surface area contributed by atoms with Gasteiger partial charge < -0.3 is 58.1 Å². The van der Waals surface area contributed by atoms with Crippen LogP contribution in [0.25, 0.3) is 0 Å². The van der Waals surface area contributed by atoms with Crippen molar-refractivity contribution in [2.24, 2.45) is 0 Å². The molecule has 0 heterocycles. The van der Waals surface area contributed by atoms with Crippen LogP contribution in [-0.4, -0.2) is 172 Å². The zero-order valence-electron chi connectivity index (χ0n) is 35.3. The number of amides is 3. The Hall–Kier alpha value is -5.01. The molecule has 0 bridgehead atoms. The third-order valence-corrected chi connectivity index (χ3v) is 8.47. The highest BCUT2D eigenvalue weighted by Crippen LogP contribution is 2.25. The van der Waals surface area contributed by atoms with E-state index in [0.29, 0.717) is 31.9 Å². The first-order chi connectivity index (χ1) is 28.0. The van der Waals surface area contributed by atoms with Crippen LogP contribution < -0.4 is 0 Å². The average molecular weight is 842 g/mol. The fraction of sp³-hybridized carbons (Fsp3) is 0.675. The van der Waals surface area contributed by atoms with E-state index in [1.54, 1.807) is 11.0 Å². The van der Waals surface area contributed by atoms with E-state index in [4.69, 9.17) is 28.4 Å². The van der Waals surface area contributed by atoms with Gasteiger partial charge in [-0.25, -0.2) is 0 Å². The monoisotopic (exact) mass is 841 g/mol. The SMILES string of the molecule is COCCN(CCOC)C(=O)CCC(=O)N(CCOC(=O)CCC(=O)OCCN(CCOC(=O)CCC(=O)OC)C(=O)CCc1ccc(O)c(O)c1)CCOC(C)(C)C. The lowest BCUT2D eigenvalue weighted by Gasteiger charge is -2.26. The number of aryl methyl sites for hydroxylation is 1. The third-order valence-electron chi connectivity index (χ3n) is 8.47. The van der Waals surface area contributed by atoms with Crippen molar-refractivity contribution in [2.75, 3.05) is 100 Å². The van der Waals surface area contributed by atoms with Crippen LogP contribution in [0.2, 0.25) is 0 Å². The quantitative estimate of drug-likeness (QED) is 0.0638. The smallest absolute Gasteiger partial charge is 0.306 e. The predicted molar refractivity (Wildman–Crippen MR) is 210 cm³/mol. The minimum Gasteiger partial charge on any atom is -0.504 e. The molecule has 19 heteroatoms. The lowest BCUT2D eigenvalue weighted by atomic mass is 10.1. The van der Waals surface area contributed by atoms with Crippen molar-refractivity contribution in [2.45, 2.75) is 77.7 Å². The second-order valence-corrected chi connectivity index (χ2v) is 14.1. The van der Waals surface area contributed by atoms with Crippen molar-refractivity contribution >= 4 is 41.6 Å². The fourth-order valence-corrected chi connectivity index (χ4v) is 5.15. The molecular weight excluding hydrogens is 778 g/mol. The van der Waals surface area contributed by atoms with Crippen molar-refractivity contribution in [1.82, 2.24) is 14.7 Å². The molecule has 0 saturated carbocycles. The maximum atomic E-state index is 13.2. The Bertz CT molecular complexity index is 1470. The Morgan fingerprint density at radius 2 is 0.898 bits per heavy atom. The van der Waals surface area contributed by atoms with Gasteiger partial charge in [0.1, 0.15) is 19.8 Å². The first-order valence-electron chi connectivity index (χ1n) is 19.5. The van der Waals surface area contributed by atoms with Gasteiger partial charge >= 0.3 is 23.9 Å². The zero-order chi connectivity index (χ0) is 44.2. The number of hydrogen-bond acceptors (Lipinski definition) is 16. The van der Waals surface area contributed by atoms with Crippen LogP contribution in [0.15, 0.2) is 18.2 Å². The van der Waals surface area contributed by atoms with Gasteiger partial charge in [-0.3, -0.25) is 33.6 Å². The Balaban J connectivity index is 2.67. The molecule has 0 aliphatic heterocycles. The number of phenols is 2.